The zero-order valence-electron chi connectivity index (χ0n) is 16.5. The van der Waals surface area contributed by atoms with Crippen molar-refractivity contribution >= 4 is 20.0 Å². The Kier molecular flexibility index (Phi) is 16.8. The molecule has 2 aliphatic carbocycles. The maximum atomic E-state index is 3.20. The molecule has 0 aliphatic heterocycles. The van der Waals surface area contributed by atoms with Crippen molar-refractivity contribution < 1.29 is 44.8 Å². The molecule has 2 aliphatic rings. The summed E-state index contributed by atoms with van der Waals surface area (Å²) in [7, 11) is -1.96. The van der Waals surface area contributed by atoms with E-state index in [0.29, 0.717) is 0 Å². The van der Waals surface area contributed by atoms with Crippen molar-refractivity contribution in [3.63, 3.8) is 0 Å². The first-order valence-corrected chi connectivity index (χ1v) is 15.8. The fourth-order valence-corrected chi connectivity index (χ4v) is 4.34. The van der Waals surface area contributed by atoms with E-state index in [2.05, 4.69) is 110 Å². The maximum absolute atomic E-state index is 3.20. The van der Waals surface area contributed by atoms with Crippen molar-refractivity contribution in [3.8, 4) is 0 Å². The average molecular weight is 435 g/mol. The molecule has 0 atom stereocenters. The Morgan fingerprint density at radius 2 is 1.04 bits per heavy atom. The second kappa shape index (κ2) is 13.7. The van der Waals surface area contributed by atoms with Crippen LogP contribution < -0.4 is 24.8 Å². The summed E-state index contributed by atoms with van der Waals surface area (Å²) in [4.78, 5) is 0. The van der Waals surface area contributed by atoms with Gasteiger partial charge in [-0.3, -0.25) is 12.2 Å². The van der Waals surface area contributed by atoms with Gasteiger partial charge in [-0.25, -0.2) is 22.5 Å². The summed E-state index contributed by atoms with van der Waals surface area (Å²) < 4.78 is 1.42. The van der Waals surface area contributed by atoms with Gasteiger partial charge in [0.15, 0.2) is 0 Å². The van der Waals surface area contributed by atoms with Gasteiger partial charge in [-0.2, -0.15) is 12.2 Å². The average Bonchev–Trinajstić information content (AvgIpc) is 3.02. The summed E-state index contributed by atoms with van der Waals surface area (Å²) >= 11 is 2.08. The van der Waals surface area contributed by atoms with Crippen LogP contribution in [0.4, 0.5) is 0 Å². The Labute approximate surface area is 176 Å². The molecule has 0 aromatic carbocycles. The Balaban J connectivity index is -0.000000283. The van der Waals surface area contributed by atoms with E-state index in [-0.39, 0.29) is 24.8 Å². The molecule has 2 rings (SSSR count). The van der Waals surface area contributed by atoms with Crippen LogP contribution in [0.3, 0.4) is 0 Å². The van der Waals surface area contributed by atoms with Crippen LogP contribution in [0, 0.1) is 12.2 Å². The number of hydrogen-bond donors (Lipinski definition) is 0. The first-order valence-electron chi connectivity index (χ1n) is 8.01. The Hall–Kier alpha value is 0.558. The molecular weight excluding hydrogens is 403 g/mol. The second-order valence-corrected chi connectivity index (χ2v) is 19.6. The number of halogens is 2. The molecule has 0 saturated heterocycles. The van der Waals surface area contributed by atoms with Crippen molar-refractivity contribution in [3.05, 3.63) is 46.8 Å². The van der Waals surface area contributed by atoms with E-state index in [1.165, 1.54) is 3.81 Å². The summed E-state index contributed by atoms with van der Waals surface area (Å²) in [5.41, 5.74) is 0. The molecule has 0 radical (unpaired) electrons. The first-order chi connectivity index (χ1) is 9.94. The van der Waals surface area contributed by atoms with Crippen molar-refractivity contribution in [1.82, 2.24) is 0 Å². The molecule has 0 saturated carbocycles. The molecule has 0 bridgehead atoms. The molecule has 24 heavy (non-hydrogen) atoms. The summed E-state index contributed by atoms with van der Waals surface area (Å²) in [6.45, 7) is 18.3. The van der Waals surface area contributed by atoms with Crippen molar-refractivity contribution in [2.24, 2.45) is 0 Å². The Bertz CT molecular complexity index is 446. The summed E-state index contributed by atoms with van der Waals surface area (Å²) in [5, 5.41) is 3.12. The quantitative estimate of drug-likeness (QED) is 0.419. The number of allylic oxidation sites excluding steroid dienone is 8. The van der Waals surface area contributed by atoms with E-state index in [9.17, 15) is 0 Å². The topological polar surface area (TPSA) is 0 Å². The normalized spacial score (nSPS) is 14.9. The molecule has 0 spiro atoms. The fraction of sp³-hybridized carbons (Fsp3) is 0.526. The van der Waals surface area contributed by atoms with Crippen LogP contribution in [0.15, 0.2) is 34.7 Å². The molecule has 0 fully saturated rings. The van der Waals surface area contributed by atoms with Crippen LogP contribution in [-0.4, -0.2) is 20.0 Å². The summed E-state index contributed by atoms with van der Waals surface area (Å²) in [6, 6.07) is 0. The smallest absolute Gasteiger partial charge is 0.0114 e. The molecule has 0 N–H and O–H groups in total. The van der Waals surface area contributed by atoms with Gasteiger partial charge < -0.3 is 24.8 Å². The van der Waals surface area contributed by atoms with Gasteiger partial charge in [0.05, 0.1) is 0 Å². The minimum absolute atomic E-state index is 0. The Morgan fingerprint density at radius 3 is 1.12 bits per heavy atom. The molecule has 5 heteroatoms. The zero-order chi connectivity index (χ0) is 17.4. The Morgan fingerprint density at radius 1 is 0.792 bits per heavy atom. The molecular formula is C19H32Cl2Si2Ti-2. The van der Waals surface area contributed by atoms with Crippen LogP contribution in [0.25, 0.3) is 0 Å². The van der Waals surface area contributed by atoms with Gasteiger partial charge in [-0.15, -0.1) is 12.8 Å². The van der Waals surface area contributed by atoms with E-state index in [0.717, 1.165) is 12.8 Å². The van der Waals surface area contributed by atoms with Crippen LogP contribution in [0.1, 0.15) is 26.7 Å². The van der Waals surface area contributed by atoms with Gasteiger partial charge in [-0.1, -0.05) is 39.3 Å². The molecule has 0 aromatic rings. The summed E-state index contributed by atoms with van der Waals surface area (Å²) in [5.74, 6) is 0. The van der Waals surface area contributed by atoms with Crippen molar-refractivity contribution in [2.75, 3.05) is 0 Å². The minimum Gasteiger partial charge on any atom is -1.00 e. The van der Waals surface area contributed by atoms with Gasteiger partial charge in [-0.05, 0) is 16.1 Å². The van der Waals surface area contributed by atoms with Crippen LogP contribution in [0.5, 0.6) is 0 Å². The van der Waals surface area contributed by atoms with Crippen LogP contribution in [0.2, 0.25) is 39.3 Å². The van der Waals surface area contributed by atoms with E-state index < -0.39 is 16.1 Å². The van der Waals surface area contributed by atoms with Gasteiger partial charge in [0, 0.05) is 0 Å². The van der Waals surface area contributed by atoms with Gasteiger partial charge >= 0.3 is 37.6 Å². The molecule has 0 heterocycles. The molecule has 136 valence electrons. The van der Waals surface area contributed by atoms with Crippen LogP contribution >= 0.6 is 0 Å². The van der Waals surface area contributed by atoms with E-state index in [4.69, 9.17) is 0 Å². The van der Waals surface area contributed by atoms with Gasteiger partial charge in [0.25, 0.3) is 0 Å². The monoisotopic (exact) mass is 434 g/mol. The third kappa shape index (κ3) is 14.9. The minimum atomic E-state index is -0.981. The standard InChI is InChI=1S/2C8H13Si.C3H6.2ClH.Ti/c2*1-9(2,3)8-6-4-5-7-8;1-3-2;;;/h2*6-7H,4H2,1-3H3;1-2H3;2*1H;/q2*-1;;;;+2/p-2. The molecule has 0 nitrogen and oxygen atoms in total. The number of hydrogen-bond acceptors (Lipinski definition) is 0. The van der Waals surface area contributed by atoms with Crippen molar-refractivity contribution in [2.45, 2.75) is 66.0 Å². The van der Waals surface area contributed by atoms with E-state index >= 15 is 0 Å². The first kappa shape index (κ1) is 29.3. The third-order valence-electron chi connectivity index (χ3n) is 3.13. The van der Waals surface area contributed by atoms with E-state index in [1.807, 2.05) is 0 Å². The number of rotatable bonds is 2. The zero-order valence-corrected chi connectivity index (χ0v) is 21.6. The third-order valence-corrected chi connectivity index (χ3v) is 7.29. The summed E-state index contributed by atoms with van der Waals surface area (Å²) in [6.07, 6.45) is 17.4. The van der Waals surface area contributed by atoms with Gasteiger partial charge in [0.1, 0.15) is 0 Å². The van der Waals surface area contributed by atoms with Gasteiger partial charge in [0.2, 0.25) is 0 Å². The predicted octanol–water partition coefficient (Wildman–Crippen LogP) is -0.140. The SMILES string of the molecule is C[C](C)=[Ti+2].C[Si](C)(C)C1=CC[C-]=C1.C[Si](C)(C)C1=CC[C-]=C1.[Cl-].[Cl-]. The van der Waals surface area contributed by atoms with Crippen molar-refractivity contribution in [1.29, 1.82) is 0 Å². The molecule has 0 amide bonds. The maximum Gasteiger partial charge on any atom is -0.0114 e. The largest absolute Gasteiger partial charge is 1.00 e. The molecule has 0 aromatic heterocycles. The van der Waals surface area contributed by atoms with E-state index in [1.54, 1.807) is 10.4 Å². The predicted molar refractivity (Wildman–Crippen MR) is 104 cm³/mol. The fourth-order valence-electron chi connectivity index (χ4n) is 1.84. The van der Waals surface area contributed by atoms with Crippen LogP contribution in [-0.2, 0) is 20.0 Å². The molecule has 0 unspecified atom stereocenters. The second-order valence-electron chi connectivity index (χ2n) is 7.92.